The van der Waals surface area contributed by atoms with Gasteiger partial charge in [0.05, 0.1) is 23.6 Å². The van der Waals surface area contributed by atoms with Crippen LogP contribution in [0.15, 0.2) is 166 Å². The van der Waals surface area contributed by atoms with Gasteiger partial charge in [0.2, 0.25) is 0 Å². The van der Waals surface area contributed by atoms with E-state index in [9.17, 15) is 0 Å². The van der Waals surface area contributed by atoms with E-state index >= 15 is 0 Å². The van der Waals surface area contributed by atoms with Crippen molar-refractivity contribution in [3.8, 4) is 39.9 Å². The van der Waals surface area contributed by atoms with E-state index in [0.717, 1.165) is 54.6 Å². The van der Waals surface area contributed by atoms with Gasteiger partial charge in [0, 0.05) is 49.0 Å². The van der Waals surface area contributed by atoms with Gasteiger partial charge in [-0.1, -0.05) is 109 Å². The van der Waals surface area contributed by atoms with Crippen LogP contribution in [0.2, 0.25) is 0 Å². The molecule has 0 N–H and O–H groups in total. The Morgan fingerprint density at radius 3 is 1.90 bits per heavy atom. The Hall–Kier alpha value is -7.05. The van der Waals surface area contributed by atoms with Gasteiger partial charge in [0.1, 0.15) is 16.7 Å². The molecule has 0 saturated carbocycles. The monoisotopic (exact) mass is 659 g/mol. The van der Waals surface area contributed by atoms with Crippen molar-refractivity contribution in [2.24, 2.45) is 0 Å². The predicted octanol–water partition coefficient (Wildman–Crippen LogP) is 11.8. The molecule has 0 unspecified atom stereocenters. The lowest BCUT2D eigenvalue weighted by molar-refractivity contribution is 0.666. The number of furan rings is 2. The van der Waals surface area contributed by atoms with Crippen LogP contribution in [-0.2, 0) is 0 Å². The van der Waals surface area contributed by atoms with Crippen molar-refractivity contribution in [3.63, 3.8) is 0 Å². The molecule has 11 aromatic rings. The van der Waals surface area contributed by atoms with Crippen LogP contribution in [0.4, 0.5) is 0 Å². The van der Waals surface area contributed by atoms with Crippen LogP contribution < -0.4 is 0 Å². The van der Waals surface area contributed by atoms with Gasteiger partial charge < -0.3 is 13.4 Å². The van der Waals surface area contributed by atoms with E-state index in [2.05, 4.69) is 34.9 Å². The summed E-state index contributed by atoms with van der Waals surface area (Å²) < 4.78 is 57.7. The second-order valence-corrected chi connectivity index (χ2v) is 12.4. The molecule has 0 aliphatic heterocycles. The quantitative estimate of drug-likeness (QED) is 0.188. The van der Waals surface area contributed by atoms with E-state index < -0.39 is 30.2 Å². The molecule has 7 aromatic carbocycles. The van der Waals surface area contributed by atoms with Gasteiger partial charge in [0.15, 0.2) is 23.1 Å². The molecule has 0 saturated heterocycles. The van der Waals surface area contributed by atoms with Gasteiger partial charge in [-0.3, -0.25) is 0 Å². The van der Waals surface area contributed by atoms with Crippen LogP contribution in [0, 0.1) is 0 Å². The van der Waals surface area contributed by atoms with E-state index in [4.69, 9.17) is 30.6 Å². The molecule has 4 heterocycles. The van der Waals surface area contributed by atoms with E-state index in [1.807, 2.05) is 97.1 Å². The zero-order valence-electron chi connectivity index (χ0n) is 31.7. The second-order valence-electron chi connectivity index (χ2n) is 12.4. The Morgan fingerprint density at radius 2 is 1.10 bits per heavy atom. The number of nitrogens with zero attached hydrogens (tertiary/aromatic N) is 4. The maximum Gasteiger partial charge on any atom is 0.164 e. The van der Waals surface area contributed by atoms with Crippen LogP contribution in [-0.4, -0.2) is 19.5 Å². The predicted molar refractivity (Wildman–Crippen MR) is 205 cm³/mol. The highest BCUT2D eigenvalue weighted by Crippen LogP contribution is 2.41. The Kier molecular flexibility index (Phi) is 4.91. The van der Waals surface area contributed by atoms with Crippen molar-refractivity contribution in [1.82, 2.24) is 19.5 Å². The summed E-state index contributed by atoms with van der Waals surface area (Å²) in [6, 6.07) is 39.6. The summed E-state index contributed by atoms with van der Waals surface area (Å²) in [6.07, 6.45) is 0. The molecule has 0 fully saturated rings. The number of hydrogen-bond acceptors (Lipinski definition) is 5. The molecule has 0 bridgehead atoms. The Balaban J connectivity index is 1.19. The zero-order valence-corrected chi connectivity index (χ0v) is 26.7. The van der Waals surface area contributed by atoms with Gasteiger partial charge >= 0.3 is 0 Å². The summed E-state index contributed by atoms with van der Waals surface area (Å²) in [7, 11) is 0. The fourth-order valence-corrected chi connectivity index (χ4v) is 7.34. The van der Waals surface area contributed by atoms with Crippen molar-refractivity contribution in [3.05, 3.63) is 158 Å². The van der Waals surface area contributed by atoms with E-state index in [-0.39, 0.29) is 23.0 Å². The molecular weight excluding hydrogens is 629 g/mol. The molecule has 0 aliphatic carbocycles. The minimum absolute atomic E-state index is 0.0464. The van der Waals surface area contributed by atoms with E-state index in [1.54, 1.807) is 0 Å². The SMILES string of the molecule is [2H]c1c([2H])c([2H])c(-c2nc(-c3ccc4oc5ccccc5c4c3)nc(-c3cccc4oc5c(-n6c7ccccc7c7ccccc76)cccc5c34)n2)c([2H])c1[2H]. The summed E-state index contributed by atoms with van der Waals surface area (Å²) in [6.45, 7) is 0. The van der Waals surface area contributed by atoms with Crippen molar-refractivity contribution in [2.75, 3.05) is 0 Å². The highest BCUT2D eigenvalue weighted by Gasteiger charge is 2.21. The van der Waals surface area contributed by atoms with Gasteiger partial charge in [-0.05, 0) is 48.5 Å². The highest BCUT2D eigenvalue weighted by atomic mass is 16.3. The third-order valence-electron chi connectivity index (χ3n) is 9.56. The van der Waals surface area contributed by atoms with Crippen LogP contribution in [0.5, 0.6) is 0 Å². The average molecular weight is 660 g/mol. The lowest BCUT2D eigenvalue weighted by atomic mass is 10.0. The van der Waals surface area contributed by atoms with Gasteiger partial charge in [-0.15, -0.1) is 0 Å². The van der Waals surface area contributed by atoms with Crippen LogP contribution in [0.25, 0.3) is 106 Å². The van der Waals surface area contributed by atoms with Crippen molar-refractivity contribution < 1.29 is 15.7 Å². The number of hydrogen-bond donors (Lipinski definition) is 0. The third-order valence-corrected chi connectivity index (χ3v) is 9.56. The van der Waals surface area contributed by atoms with Gasteiger partial charge in [0.25, 0.3) is 0 Å². The first-order valence-corrected chi connectivity index (χ1v) is 16.5. The summed E-state index contributed by atoms with van der Waals surface area (Å²) in [4.78, 5) is 14.7. The number of fused-ring (bicyclic) bond motifs is 9. The molecular formula is C45H26N4O2. The molecule has 11 rings (SSSR count). The first-order valence-electron chi connectivity index (χ1n) is 19.0. The maximum atomic E-state index is 8.82. The Bertz CT molecular complexity index is 3380. The van der Waals surface area contributed by atoms with Crippen LogP contribution in [0.1, 0.15) is 6.85 Å². The maximum absolute atomic E-state index is 8.82. The van der Waals surface area contributed by atoms with Crippen molar-refractivity contribution in [2.45, 2.75) is 0 Å². The minimum atomic E-state index is -0.496. The normalized spacial score (nSPS) is 13.3. The molecule has 0 radical (unpaired) electrons. The molecule has 0 amide bonds. The standard InChI is InChI=1S/C45H26N4O2/c1-2-12-27(13-3-1)43-46-44(28-24-25-39-34(26-28)31-16-6-9-22-38(31)50-39)48-45(47-43)33-18-11-23-40-41(33)32-17-10-21-37(42(32)51-40)49-35-19-7-4-14-29(35)30-15-5-8-20-36(30)49/h1-26H/i1D,2D,3D,12D,13D. The summed E-state index contributed by atoms with van der Waals surface area (Å²) in [5.41, 5.74) is 6.86. The molecule has 0 atom stereocenters. The van der Waals surface area contributed by atoms with E-state index in [0.29, 0.717) is 27.9 Å². The largest absolute Gasteiger partial charge is 0.456 e. The molecule has 0 spiro atoms. The van der Waals surface area contributed by atoms with Gasteiger partial charge in [-0.25, -0.2) is 15.0 Å². The number of para-hydroxylation sites is 4. The molecule has 6 nitrogen and oxygen atoms in total. The first kappa shape index (κ1) is 23.3. The fourth-order valence-electron chi connectivity index (χ4n) is 7.34. The minimum Gasteiger partial charge on any atom is -0.456 e. The fraction of sp³-hybridized carbons (Fsp3) is 0. The number of benzene rings is 7. The van der Waals surface area contributed by atoms with Crippen LogP contribution >= 0.6 is 0 Å². The topological polar surface area (TPSA) is 69.9 Å². The summed E-state index contributed by atoms with van der Waals surface area (Å²) in [5.74, 6) is 0.471. The Labute approximate surface area is 297 Å². The molecule has 238 valence electrons. The van der Waals surface area contributed by atoms with Crippen molar-refractivity contribution >= 4 is 65.7 Å². The van der Waals surface area contributed by atoms with E-state index in [1.165, 1.54) is 0 Å². The molecule has 51 heavy (non-hydrogen) atoms. The lowest BCUT2D eigenvalue weighted by Crippen LogP contribution is -2.00. The molecule has 6 heteroatoms. The zero-order chi connectivity index (χ0) is 37.8. The average Bonchev–Trinajstić information content (AvgIpc) is 3.92. The summed E-state index contributed by atoms with van der Waals surface area (Å²) in [5, 5.41) is 5.68. The smallest absolute Gasteiger partial charge is 0.164 e. The highest BCUT2D eigenvalue weighted by molar-refractivity contribution is 6.16. The van der Waals surface area contributed by atoms with Crippen molar-refractivity contribution in [1.29, 1.82) is 0 Å². The number of rotatable bonds is 4. The van der Waals surface area contributed by atoms with Gasteiger partial charge in [-0.2, -0.15) is 0 Å². The third kappa shape index (κ3) is 4.20. The number of aromatic nitrogens is 4. The Morgan fingerprint density at radius 1 is 0.471 bits per heavy atom. The second kappa shape index (κ2) is 10.7. The van der Waals surface area contributed by atoms with Crippen LogP contribution in [0.3, 0.4) is 0 Å². The lowest BCUT2D eigenvalue weighted by Gasteiger charge is -2.10. The summed E-state index contributed by atoms with van der Waals surface area (Å²) >= 11 is 0. The first-order chi connectivity index (χ1) is 27.4. The molecule has 4 aromatic heterocycles. The molecule has 0 aliphatic rings.